The maximum Gasteiger partial charge on any atom is 0.282 e. The predicted molar refractivity (Wildman–Crippen MR) is 163 cm³/mol. The number of halogens is 3. The standard InChI is InChI=1S/C30H28BrCl2N3O4/c1-38-26-13-19(14-27(39-2)28(26)40-17-18-8-10-23(32)24(33)12-18)16-34-36-29(20-6-4-3-5-7-20)35-25-11-9-21(31)15-22(25)30(36)37/h8-16,20H,3-7,17H2,1-2H3. The summed E-state index contributed by atoms with van der Waals surface area (Å²) in [6, 6.07) is 14.4. The molecule has 1 aliphatic carbocycles. The molecule has 0 radical (unpaired) electrons. The van der Waals surface area contributed by atoms with Crippen molar-refractivity contribution in [3.63, 3.8) is 0 Å². The van der Waals surface area contributed by atoms with Gasteiger partial charge in [0.15, 0.2) is 11.5 Å². The van der Waals surface area contributed by atoms with Crippen LogP contribution in [-0.4, -0.2) is 30.1 Å². The van der Waals surface area contributed by atoms with Crippen molar-refractivity contribution in [2.24, 2.45) is 5.10 Å². The SMILES string of the molecule is COc1cc(C=Nn2c(C3CCCCC3)nc3ccc(Br)cc3c2=O)cc(OC)c1OCc1ccc(Cl)c(Cl)c1. The Morgan fingerprint density at radius 2 is 1.73 bits per heavy atom. The van der Waals surface area contributed by atoms with Crippen molar-refractivity contribution >= 4 is 56.2 Å². The number of nitrogens with zero attached hydrogens (tertiary/aromatic N) is 3. The highest BCUT2D eigenvalue weighted by Gasteiger charge is 2.23. The first kappa shape index (κ1) is 28.5. The summed E-state index contributed by atoms with van der Waals surface area (Å²) in [5.41, 5.74) is 1.98. The molecule has 3 aromatic carbocycles. The lowest BCUT2D eigenvalue weighted by molar-refractivity contribution is 0.266. The lowest BCUT2D eigenvalue weighted by atomic mass is 9.88. The highest BCUT2D eigenvalue weighted by molar-refractivity contribution is 9.10. The molecule has 208 valence electrons. The Labute approximate surface area is 250 Å². The van der Waals surface area contributed by atoms with Crippen LogP contribution in [0, 0.1) is 0 Å². The van der Waals surface area contributed by atoms with E-state index in [4.69, 9.17) is 42.4 Å². The summed E-state index contributed by atoms with van der Waals surface area (Å²) in [5.74, 6) is 2.22. The average Bonchev–Trinajstić information content (AvgIpc) is 2.97. The lowest BCUT2D eigenvalue weighted by Gasteiger charge is -2.22. The molecule has 1 saturated carbocycles. The number of hydrogen-bond acceptors (Lipinski definition) is 6. The first-order chi connectivity index (χ1) is 19.4. The van der Waals surface area contributed by atoms with Gasteiger partial charge in [0.2, 0.25) is 5.75 Å². The predicted octanol–water partition coefficient (Wildman–Crippen LogP) is 7.99. The van der Waals surface area contributed by atoms with E-state index >= 15 is 0 Å². The summed E-state index contributed by atoms with van der Waals surface area (Å²) >= 11 is 15.6. The summed E-state index contributed by atoms with van der Waals surface area (Å²) in [7, 11) is 3.11. The fourth-order valence-electron chi connectivity index (χ4n) is 4.93. The van der Waals surface area contributed by atoms with E-state index in [1.807, 2.05) is 18.2 Å². The van der Waals surface area contributed by atoms with Gasteiger partial charge in [-0.2, -0.15) is 9.78 Å². The zero-order chi connectivity index (χ0) is 28.2. The smallest absolute Gasteiger partial charge is 0.282 e. The van der Waals surface area contributed by atoms with E-state index in [-0.39, 0.29) is 18.1 Å². The van der Waals surface area contributed by atoms with Crippen molar-refractivity contribution in [3.8, 4) is 17.2 Å². The number of hydrogen-bond donors (Lipinski definition) is 0. The molecule has 10 heteroatoms. The summed E-state index contributed by atoms with van der Waals surface area (Å²) in [5, 5.41) is 6.08. The van der Waals surface area contributed by atoms with Crippen LogP contribution in [0.3, 0.4) is 0 Å². The molecule has 0 saturated heterocycles. The van der Waals surface area contributed by atoms with Crippen molar-refractivity contribution in [1.82, 2.24) is 9.66 Å². The van der Waals surface area contributed by atoms with Crippen molar-refractivity contribution < 1.29 is 14.2 Å². The third-order valence-electron chi connectivity index (χ3n) is 6.98. The third kappa shape index (κ3) is 6.14. The second kappa shape index (κ2) is 12.6. The van der Waals surface area contributed by atoms with E-state index in [1.54, 1.807) is 50.8 Å². The number of ether oxygens (including phenoxy) is 3. The van der Waals surface area contributed by atoms with E-state index in [2.05, 4.69) is 21.0 Å². The first-order valence-corrected chi connectivity index (χ1v) is 14.5. The third-order valence-corrected chi connectivity index (χ3v) is 8.21. The number of rotatable bonds is 8. The topological polar surface area (TPSA) is 74.9 Å². The molecule has 1 heterocycles. The molecule has 1 aromatic heterocycles. The Bertz CT molecular complexity index is 1610. The minimum absolute atomic E-state index is 0.174. The fraction of sp³-hybridized carbons (Fsp3) is 0.300. The van der Waals surface area contributed by atoms with Gasteiger partial charge in [-0.15, -0.1) is 0 Å². The van der Waals surface area contributed by atoms with Crippen LogP contribution >= 0.6 is 39.1 Å². The summed E-state index contributed by atoms with van der Waals surface area (Å²) < 4.78 is 19.6. The van der Waals surface area contributed by atoms with Crippen LogP contribution in [0.5, 0.6) is 17.2 Å². The Kier molecular flexibility index (Phi) is 8.98. The second-order valence-corrected chi connectivity index (χ2v) is 11.3. The van der Waals surface area contributed by atoms with Crippen LogP contribution in [0.1, 0.15) is 55.0 Å². The number of aromatic nitrogens is 2. The molecule has 0 N–H and O–H groups in total. The first-order valence-electron chi connectivity index (χ1n) is 13.0. The van der Waals surface area contributed by atoms with Crippen molar-refractivity contribution in [3.05, 3.63) is 90.4 Å². The largest absolute Gasteiger partial charge is 0.493 e. The minimum atomic E-state index is -0.205. The number of methoxy groups -OCH3 is 2. The maximum absolute atomic E-state index is 13.6. The number of benzene rings is 3. The van der Waals surface area contributed by atoms with Crippen LogP contribution < -0.4 is 19.8 Å². The molecule has 1 aliphatic rings. The fourth-order valence-corrected chi connectivity index (χ4v) is 5.61. The summed E-state index contributed by atoms with van der Waals surface area (Å²) in [4.78, 5) is 18.5. The van der Waals surface area contributed by atoms with E-state index in [0.717, 1.165) is 35.7 Å². The molecule has 7 nitrogen and oxygen atoms in total. The quantitative estimate of drug-likeness (QED) is 0.182. The van der Waals surface area contributed by atoms with Gasteiger partial charge < -0.3 is 14.2 Å². The number of fused-ring (bicyclic) bond motifs is 1. The van der Waals surface area contributed by atoms with E-state index in [0.29, 0.717) is 49.6 Å². The van der Waals surface area contributed by atoms with Crippen LogP contribution in [-0.2, 0) is 6.61 Å². The van der Waals surface area contributed by atoms with Gasteiger partial charge in [0.05, 0.1) is 41.4 Å². The molecule has 40 heavy (non-hydrogen) atoms. The monoisotopic (exact) mass is 643 g/mol. The second-order valence-electron chi connectivity index (χ2n) is 9.62. The Morgan fingerprint density at radius 3 is 2.40 bits per heavy atom. The molecule has 1 fully saturated rings. The molecule has 5 rings (SSSR count). The van der Waals surface area contributed by atoms with Gasteiger partial charge >= 0.3 is 0 Å². The molecule has 0 amide bonds. The van der Waals surface area contributed by atoms with E-state index in [1.165, 1.54) is 11.1 Å². The molecule has 0 unspecified atom stereocenters. The molecular formula is C30H28BrCl2N3O4. The van der Waals surface area contributed by atoms with Crippen molar-refractivity contribution in [1.29, 1.82) is 0 Å². The average molecular weight is 645 g/mol. The van der Waals surface area contributed by atoms with Gasteiger partial charge in [-0.25, -0.2) is 4.98 Å². The van der Waals surface area contributed by atoms with E-state index in [9.17, 15) is 4.79 Å². The molecule has 0 aliphatic heterocycles. The molecule has 0 spiro atoms. The summed E-state index contributed by atoms with van der Waals surface area (Å²) in [6.07, 6.45) is 7.01. The van der Waals surface area contributed by atoms with Crippen LogP contribution in [0.2, 0.25) is 10.0 Å². The molecule has 0 bridgehead atoms. The Hall–Kier alpha value is -3.07. The van der Waals surface area contributed by atoms with Crippen LogP contribution in [0.25, 0.3) is 10.9 Å². The minimum Gasteiger partial charge on any atom is -0.493 e. The maximum atomic E-state index is 13.6. The molecular weight excluding hydrogens is 617 g/mol. The Morgan fingerprint density at radius 1 is 1.00 bits per heavy atom. The highest BCUT2D eigenvalue weighted by Crippen LogP contribution is 2.39. The van der Waals surface area contributed by atoms with Gasteiger partial charge in [0.25, 0.3) is 5.56 Å². The van der Waals surface area contributed by atoms with Crippen LogP contribution in [0.4, 0.5) is 0 Å². The summed E-state index contributed by atoms with van der Waals surface area (Å²) in [6.45, 7) is 0.232. The Balaban J connectivity index is 1.51. The van der Waals surface area contributed by atoms with Gasteiger partial charge in [0.1, 0.15) is 12.4 Å². The highest BCUT2D eigenvalue weighted by atomic mass is 79.9. The zero-order valence-electron chi connectivity index (χ0n) is 22.1. The van der Waals surface area contributed by atoms with E-state index < -0.39 is 0 Å². The van der Waals surface area contributed by atoms with Crippen molar-refractivity contribution in [2.45, 2.75) is 44.6 Å². The van der Waals surface area contributed by atoms with Gasteiger partial charge in [-0.05, 0) is 60.9 Å². The van der Waals surface area contributed by atoms with Crippen LogP contribution in [0.15, 0.2) is 62.9 Å². The van der Waals surface area contributed by atoms with Gasteiger partial charge in [-0.3, -0.25) is 4.79 Å². The molecule has 0 atom stereocenters. The molecule has 4 aromatic rings. The van der Waals surface area contributed by atoms with Crippen molar-refractivity contribution in [2.75, 3.05) is 14.2 Å². The zero-order valence-corrected chi connectivity index (χ0v) is 25.2. The van der Waals surface area contributed by atoms with Gasteiger partial charge in [0, 0.05) is 16.0 Å². The lowest BCUT2D eigenvalue weighted by Crippen LogP contribution is -2.25. The normalized spacial score (nSPS) is 14.1. The van der Waals surface area contributed by atoms with Gasteiger partial charge in [-0.1, -0.05) is 64.5 Å².